The highest BCUT2D eigenvalue weighted by atomic mass is 16.7. The normalized spacial score (nSPS) is 29.8. The maximum Gasteiger partial charge on any atom is 0.305 e. The molecule has 1 saturated heterocycles. The molecular weight excluding hydrogens is 228 g/mol. The summed E-state index contributed by atoms with van der Waals surface area (Å²) in [7, 11) is 0. The fourth-order valence-electron chi connectivity index (χ4n) is 1.81. The van der Waals surface area contributed by atoms with Crippen molar-refractivity contribution < 1.29 is 28.9 Å². The van der Waals surface area contributed by atoms with E-state index in [1.54, 1.807) is 0 Å². The molecule has 0 aromatic rings. The molecule has 1 unspecified atom stereocenters. The van der Waals surface area contributed by atoms with Crippen LogP contribution in [0.15, 0.2) is 0 Å². The molecular formula is C11H18O6. The van der Waals surface area contributed by atoms with Gasteiger partial charge in [-0.2, -0.15) is 0 Å². The van der Waals surface area contributed by atoms with Crippen LogP contribution < -0.4 is 0 Å². The summed E-state index contributed by atoms with van der Waals surface area (Å²) in [5, 5.41) is 9.64. The second kappa shape index (κ2) is 5.97. The summed E-state index contributed by atoms with van der Waals surface area (Å²) in [5.41, 5.74) is 0. The van der Waals surface area contributed by atoms with E-state index in [0.717, 1.165) is 0 Å². The number of esters is 2. The van der Waals surface area contributed by atoms with Crippen molar-refractivity contribution >= 4 is 11.9 Å². The van der Waals surface area contributed by atoms with Gasteiger partial charge in [0.25, 0.3) is 0 Å². The maximum absolute atomic E-state index is 10.9. The van der Waals surface area contributed by atoms with E-state index in [1.807, 2.05) is 6.92 Å². The lowest BCUT2D eigenvalue weighted by atomic mass is 10.1. The number of ether oxygens (including phenoxy) is 3. The van der Waals surface area contributed by atoms with Crippen molar-refractivity contribution in [3.8, 4) is 0 Å². The van der Waals surface area contributed by atoms with Gasteiger partial charge in [-0.3, -0.25) is 9.59 Å². The Morgan fingerprint density at radius 2 is 2.06 bits per heavy atom. The van der Waals surface area contributed by atoms with Gasteiger partial charge in [0, 0.05) is 20.3 Å². The third kappa shape index (κ3) is 3.98. The van der Waals surface area contributed by atoms with Crippen molar-refractivity contribution in [2.45, 2.75) is 58.2 Å². The minimum absolute atomic E-state index is 0.281. The van der Waals surface area contributed by atoms with Crippen molar-refractivity contribution in [1.82, 2.24) is 0 Å². The largest absolute Gasteiger partial charge is 0.460 e. The number of carbonyl (C=O) groups is 2. The predicted octanol–water partition coefficient (Wildman–Crippen LogP) is 0.367. The van der Waals surface area contributed by atoms with Crippen molar-refractivity contribution in [2.75, 3.05) is 0 Å². The molecule has 1 rings (SSSR count). The van der Waals surface area contributed by atoms with Crippen LogP contribution in [0.4, 0.5) is 0 Å². The molecule has 1 heterocycles. The first-order valence-electron chi connectivity index (χ1n) is 5.62. The molecule has 1 aliphatic rings. The third-order valence-electron chi connectivity index (χ3n) is 2.51. The van der Waals surface area contributed by atoms with Crippen LogP contribution in [0.25, 0.3) is 0 Å². The van der Waals surface area contributed by atoms with Crippen LogP contribution in [0.3, 0.4) is 0 Å². The Bertz CT molecular complexity index is 290. The Kier molecular flexibility index (Phi) is 4.89. The summed E-state index contributed by atoms with van der Waals surface area (Å²) in [6.45, 7) is 4.41. The van der Waals surface area contributed by atoms with Crippen LogP contribution in [0.2, 0.25) is 0 Å². The molecule has 6 nitrogen and oxygen atoms in total. The molecule has 0 aliphatic carbocycles. The molecule has 1 N–H and O–H groups in total. The van der Waals surface area contributed by atoms with E-state index < -0.39 is 36.5 Å². The quantitative estimate of drug-likeness (QED) is 0.721. The fourth-order valence-corrected chi connectivity index (χ4v) is 1.81. The van der Waals surface area contributed by atoms with E-state index in [4.69, 9.17) is 14.2 Å². The van der Waals surface area contributed by atoms with Crippen LogP contribution in [0, 0.1) is 0 Å². The lowest BCUT2D eigenvalue weighted by molar-refractivity contribution is -0.195. The molecule has 17 heavy (non-hydrogen) atoms. The van der Waals surface area contributed by atoms with E-state index in [0.29, 0.717) is 6.42 Å². The number of aliphatic hydroxyl groups is 1. The molecule has 0 radical (unpaired) electrons. The highest BCUT2D eigenvalue weighted by molar-refractivity contribution is 5.66. The molecule has 0 aromatic carbocycles. The van der Waals surface area contributed by atoms with Crippen LogP contribution in [0.5, 0.6) is 0 Å². The summed E-state index contributed by atoms with van der Waals surface area (Å²) in [4.78, 5) is 21.7. The lowest BCUT2D eigenvalue weighted by Crippen LogP contribution is -2.31. The van der Waals surface area contributed by atoms with Crippen LogP contribution in [-0.2, 0) is 23.8 Å². The zero-order valence-electron chi connectivity index (χ0n) is 10.2. The molecule has 0 spiro atoms. The monoisotopic (exact) mass is 246 g/mol. The SMILES string of the molecule is CC[C@H](OC(C)=O)[C@@H]1C[C@@H](O)C(OC(C)=O)O1. The highest BCUT2D eigenvalue weighted by Crippen LogP contribution is 2.26. The Labute approximate surface area is 99.8 Å². The van der Waals surface area contributed by atoms with Crippen molar-refractivity contribution in [1.29, 1.82) is 0 Å². The maximum atomic E-state index is 10.9. The second-order valence-electron chi connectivity index (χ2n) is 4.01. The van der Waals surface area contributed by atoms with Gasteiger partial charge in [0.05, 0.1) is 0 Å². The molecule has 1 aliphatic heterocycles. The Hall–Kier alpha value is -1.14. The number of carbonyl (C=O) groups excluding carboxylic acids is 2. The number of aliphatic hydroxyl groups excluding tert-OH is 1. The zero-order chi connectivity index (χ0) is 13.0. The molecule has 4 atom stereocenters. The number of hydrogen-bond donors (Lipinski definition) is 1. The van der Waals surface area contributed by atoms with Crippen molar-refractivity contribution in [3.63, 3.8) is 0 Å². The minimum atomic E-state index is -0.970. The average Bonchev–Trinajstić information content (AvgIpc) is 2.55. The molecule has 0 aromatic heterocycles. The van der Waals surface area contributed by atoms with Gasteiger partial charge in [0.2, 0.25) is 6.29 Å². The summed E-state index contributed by atoms with van der Waals surface area (Å²) in [6, 6.07) is 0. The summed E-state index contributed by atoms with van der Waals surface area (Å²) >= 11 is 0. The Morgan fingerprint density at radius 3 is 2.53 bits per heavy atom. The Morgan fingerprint density at radius 1 is 1.41 bits per heavy atom. The van der Waals surface area contributed by atoms with Gasteiger partial charge in [0.1, 0.15) is 18.3 Å². The molecule has 1 fully saturated rings. The number of hydrogen-bond acceptors (Lipinski definition) is 6. The van der Waals surface area contributed by atoms with Gasteiger partial charge in [-0.25, -0.2) is 0 Å². The molecule has 0 saturated carbocycles. The van der Waals surface area contributed by atoms with E-state index in [2.05, 4.69) is 0 Å². The predicted molar refractivity (Wildman–Crippen MR) is 56.9 cm³/mol. The van der Waals surface area contributed by atoms with Crippen LogP contribution >= 0.6 is 0 Å². The van der Waals surface area contributed by atoms with Gasteiger partial charge in [-0.15, -0.1) is 0 Å². The second-order valence-corrected chi connectivity index (χ2v) is 4.01. The standard InChI is InChI=1S/C11H18O6/c1-4-9(15-6(2)12)10-5-8(14)11(17-10)16-7(3)13/h8-11,14H,4-5H2,1-3H3/t8-,9+,10+,11?/m1/s1. The van der Waals surface area contributed by atoms with Gasteiger partial charge in [-0.05, 0) is 6.42 Å². The number of rotatable bonds is 4. The Balaban J connectivity index is 2.56. The van der Waals surface area contributed by atoms with Crippen LogP contribution in [0.1, 0.15) is 33.6 Å². The smallest absolute Gasteiger partial charge is 0.305 e. The molecule has 0 amide bonds. The van der Waals surface area contributed by atoms with Crippen molar-refractivity contribution in [3.05, 3.63) is 0 Å². The van der Waals surface area contributed by atoms with Crippen molar-refractivity contribution in [2.24, 2.45) is 0 Å². The summed E-state index contributed by atoms with van der Waals surface area (Å²) < 4.78 is 15.2. The first-order chi connectivity index (χ1) is 7.93. The molecule has 0 bridgehead atoms. The van der Waals surface area contributed by atoms with Gasteiger partial charge < -0.3 is 19.3 Å². The van der Waals surface area contributed by atoms with Gasteiger partial charge in [0.15, 0.2) is 0 Å². The van der Waals surface area contributed by atoms with Crippen LogP contribution in [-0.4, -0.2) is 41.6 Å². The third-order valence-corrected chi connectivity index (χ3v) is 2.51. The summed E-state index contributed by atoms with van der Waals surface area (Å²) in [5.74, 6) is -0.916. The average molecular weight is 246 g/mol. The lowest BCUT2D eigenvalue weighted by Gasteiger charge is -2.21. The molecule has 98 valence electrons. The first kappa shape index (κ1) is 13.9. The highest BCUT2D eigenvalue weighted by Gasteiger charge is 2.40. The fraction of sp³-hybridized carbons (Fsp3) is 0.818. The first-order valence-corrected chi connectivity index (χ1v) is 5.62. The minimum Gasteiger partial charge on any atom is -0.460 e. The van der Waals surface area contributed by atoms with Gasteiger partial charge in [-0.1, -0.05) is 6.92 Å². The van der Waals surface area contributed by atoms with Gasteiger partial charge >= 0.3 is 11.9 Å². The molecule has 6 heteroatoms. The van der Waals surface area contributed by atoms with E-state index in [-0.39, 0.29) is 6.42 Å². The zero-order valence-corrected chi connectivity index (χ0v) is 10.2. The summed E-state index contributed by atoms with van der Waals surface area (Å²) in [6.07, 6.45) is -1.87. The van der Waals surface area contributed by atoms with E-state index in [1.165, 1.54) is 13.8 Å². The van der Waals surface area contributed by atoms with E-state index in [9.17, 15) is 14.7 Å². The van der Waals surface area contributed by atoms with E-state index >= 15 is 0 Å². The topological polar surface area (TPSA) is 82.1 Å².